The molecule has 5 heteroatoms. The molecule has 0 saturated heterocycles. The molecule has 0 bridgehead atoms. The molecule has 4 rings (SSSR count). The van der Waals surface area contributed by atoms with Gasteiger partial charge in [0.15, 0.2) is 5.16 Å². The number of anilines is 1. The maximum Gasteiger partial charge on any atom is 0.188 e. The second-order valence-corrected chi connectivity index (χ2v) is 7.81. The minimum Gasteiger partial charge on any atom is -0.292 e. The van der Waals surface area contributed by atoms with Crippen LogP contribution in [0, 0.1) is 6.92 Å². The summed E-state index contributed by atoms with van der Waals surface area (Å²) in [5, 5.41) is 1.61. The molecule has 0 aliphatic carbocycles. The fourth-order valence-corrected chi connectivity index (χ4v) is 4.19. The molecule has 4 aromatic rings. The van der Waals surface area contributed by atoms with Crippen LogP contribution >= 0.6 is 23.4 Å². The van der Waals surface area contributed by atoms with Crippen LogP contribution in [0.15, 0.2) is 90.1 Å². The molecule has 1 aromatic heterocycles. The van der Waals surface area contributed by atoms with E-state index in [4.69, 9.17) is 16.6 Å². The van der Waals surface area contributed by atoms with Crippen molar-refractivity contribution in [3.63, 3.8) is 0 Å². The fraction of sp³-hybridized carbons (Fsp3) is 0.0870. The van der Waals surface area contributed by atoms with E-state index in [0.717, 1.165) is 33.5 Å². The molecule has 0 amide bonds. The highest BCUT2D eigenvalue weighted by atomic mass is 35.5. The van der Waals surface area contributed by atoms with Crippen LogP contribution in [0.25, 0.3) is 11.3 Å². The Bertz CT molecular complexity index is 1060. The van der Waals surface area contributed by atoms with Crippen molar-refractivity contribution in [2.75, 3.05) is 5.43 Å². The summed E-state index contributed by atoms with van der Waals surface area (Å²) in [6.07, 6.45) is 0. The topological polar surface area (TPSA) is 29.9 Å². The first-order chi connectivity index (χ1) is 13.7. The number of nitrogens with one attached hydrogen (secondary N) is 1. The number of aromatic nitrogens is 2. The van der Waals surface area contributed by atoms with E-state index in [1.54, 1.807) is 11.8 Å². The van der Waals surface area contributed by atoms with Crippen LogP contribution in [0.4, 0.5) is 5.69 Å². The SMILES string of the molecule is Cc1nc(SCc2ccccc2)n(Nc2cccc(Cl)c2)c1-c1ccccc1. The Balaban J connectivity index is 1.72. The van der Waals surface area contributed by atoms with Crippen molar-refractivity contribution in [3.8, 4) is 11.3 Å². The summed E-state index contributed by atoms with van der Waals surface area (Å²) >= 11 is 7.89. The van der Waals surface area contributed by atoms with Crippen molar-refractivity contribution in [2.24, 2.45) is 0 Å². The van der Waals surface area contributed by atoms with Gasteiger partial charge in [0.2, 0.25) is 0 Å². The molecule has 1 heterocycles. The zero-order valence-corrected chi connectivity index (χ0v) is 17.0. The smallest absolute Gasteiger partial charge is 0.188 e. The average molecular weight is 406 g/mol. The van der Waals surface area contributed by atoms with Gasteiger partial charge in [0.05, 0.1) is 17.1 Å². The molecule has 0 unspecified atom stereocenters. The van der Waals surface area contributed by atoms with E-state index in [0.29, 0.717) is 5.02 Å². The predicted octanol–water partition coefficient (Wildman–Crippen LogP) is 6.68. The van der Waals surface area contributed by atoms with E-state index < -0.39 is 0 Å². The zero-order chi connectivity index (χ0) is 19.3. The summed E-state index contributed by atoms with van der Waals surface area (Å²) in [6.45, 7) is 2.05. The first-order valence-corrected chi connectivity index (χ1v) is 10.4. The number of halogens is 1. The van der Waals surface area contributed by atoms with Crippen molar-refractivity contribution >= 4 is 29.1 Å². The lowest BCUT2D eigenvalue weighted by Crippen LogP contribution is -2.12. The monoisotopic (exact) mass is 405 g/mol. The second-order valence-electron chi connectivity index (χ2n) is 6.43. The maximum absolute atomic E-state index is 6.18. The van der Waals surface area contributed by atoms with Gasteiger partial charge in [-0.25, -0.2) is 9.66 Å². The number of imidazole rings is 1. The molecule has 0 radical (unpaired) electrons. The highest BCUT2D eigenvalue weighted by Crippen LogP contribution is 2.31. The number of benzene rings is 3. The molecular formula is C23H20ClN3S. The van der Waals surface area contributed by atoms with E-state index in [1.165, 1.54) is 5.56 Å². The second kappa shape index (κ2) is 8.55. The third kappa shape index (κ3) is 4.24. The van der Waals surface area contributed by atoms with Gasteiger partial charge in [-0.15, -0.1) is 0 Å². The van der Waals surface area contributed by atoms with E-state index >= 15 is 0 Å². The minimum absolute atomic E-state index is 0.696. The van der Waals surface area contributed by atoms with Gasteiger partial charge in [0.25, 0.3) is 0 Å². The van der Waals surface area contributed by atoms with Crippen LogP contribution in [0.2, 0.25) is 5.02 Å². The Morgan fingerprint density at radius 2 is 1.64 bits per heavy atom. The van der Waals surface area contributed by atoms with Crippen LogP contribution in [-0.2, 0) is 5.75 Å². The highest BCUT2D eigenvalue weighted by molar-refractivity contribution is 7.98. The summed E-state index contributed by atoms with van der Waals surface area (Å²) < 4.78 is 2.06. The van der Waals surface area contributed by atoms with E-state index in [2.05, 4.69) is 46.5 Å². The average Bonchev–Trinajstić information content (AvgIpc) is 3.03. The molecule has 3 aromatic carbocycles. The van der Waals surface area contributed by atoms with E-state index in [-0.39, 0.29) is 0 Å². The minimum atomic E-state index is 0.696. The molecule has 0 spiro atoms. The Morgan fingerprint density at radius 3 is 2.36 bits per heavy atom. The normalized spacial score (nSPS) is 10.8. The molecule has 0 fully saturated rings. The molecule has 0 aliphatic heterocycles. The van der Waals surface area contributed by atoms with Crippen LogP contribution in [0.1, 0.15) is 11.3 Å². The molecule has 140 valence electrons. The first-order valence-electron chi connectivity index (χ1n) is 9.05. The predicted molar refractivity (Wildman–Crippen MR) is 119 cm³/mol. The Hall–Kier alpha value is -2.69. The van der Waals surface area contributed by atoms with Gasteiger partial charge in [0.1, 0.15) is 0 Å². The van der Waals surface area contributed by atoms with Crippen molar-refractivity contribution in [1.29, 1.82) is 0 Å². The molecule has 3 nitrogen and oxygen atoms in total. The van der Waals surface area contributed by atoms with Crippen molar-refractivity contribution in [1.82, 2.24) is 9.66 Å². The van der Waals surface area contributed by atoms with Gasteiger partial charge in [-0.1, -0.05) is 90.1 Å². The summed E-state index contributed by atoms with van der Waals surface area (Å²) in [5.74, 6) is 0.850. The summed E-state index contributed by atoms with van der Waals surface area (Å²) in [6, 6.07) is 28.5. The zero-order valence-electron chi connectivity index (χ0n) is 15.5. The first kappa shape index (κ1) is 18.7. The standard InChI is InChI=1S/C23H20ClN3S/c1-17-22(19-11-6-3-7-12-19)27(26-21-14-8-13-20(24)15-21)23(25-17)28-16-18-9-4-2-5-10-18/h2-15,26H,16H2,1H3. The molecule has 0 atom stereocenters. The van der Waals surface area contributed by atoms with Crippen LogP contribution in [0.3, 0.4) is 0 Å². The number of hydrogen-bond donors (Lipinski definition) is 1. The number of nitrogens with zero attached hydrogens (tertiary/aromatic N) is 2. The Kier molecular flexibility index (Phi) is 5.70. The van der Waals surface area contributed by atoms with Crippen LogP contribution < -0.4 is 5.43 Å². The van der Waals surface area contributed by atoms with Crippen molar-refractivity contribution in [3.05, 3.63) is 101 Å². The third-order valence-corrected chi connectivity index (χ3v) is 5.59. The lowest BCUT2D eigenvalue weighted by Gasteiger charge is -2.15. The quantitative estimate of drug-likeness (QED) is 0.363. The van der Waals surface area contributed by atoms with E-state index in [1.807, 2.05) is 55.5 Å². The molecule has 1 N–H and O–H groups in total. The summed E-state index contributed by atoms with van der Waals surface area (Å²) in [5.41, 5.74) is 8.83. The fourth-order valence-electron chi connectivity index (χ4n) is 3.05. The van der Waals surface area contributed by atoms with Crippen LogP contribution in [-0.4, -0.2) is 9.66 Å². The van der Waals surface area contributed by atoms with Gasteiger partial charge < -0.3 is 0 Å². The van der Waals surface area contributed by atoms with Crippen molar-refractivity contribution in [2.45, 2.75) is 17.8 Å². The van der Waals surface area contributed by atoms with Gasteiger partial charge in [0, 0.05) is 16.3 Å². The third-order valence-electron chi connectivity index (χ3n) is 4.34. The lowest BCUT2D eigenvalue weighted by atomic mass is 10.1. The van der Waals surface area contributed by atoms with Crippen molar-refractivity contribution < 1.29 is 0 Å². The lowest BCUT2D eigenvalue weighted by molar-refractivity contribution is 0.829. The molecule has 0 saturated carbocycles. The maximum atomic E-state index is 6.18. The number of rotatable bonds is 6. The molecule has 28 heavy (non-hydrogen) atoms. The van der Waals surface area contributed by atoms with Gasteiger partial charge in [-0.2, -0.15) is 0 Å². The van der Waals surface area contributed by atoms with Gasteiger partial charge in [-0.3, -0.25) is 5.43 Å². The summed E-state index contributed by atoms with van der Waals surface area (Å²) in [7, 11) is 0. The highest BCUT2D eigenvalue weighted by Gasteiger charge is 2.17. The number of hydrogen-bond acceptors (Lipinski definition) is 3. The number of aryl methyl sites for hydroxylation is 1. The largest absolute Gasteiger partial charge is 0.292 e. The summed E-state index contributed by atoms with van der Waals surface area (Å²) in [4.78, 5) is 4.85. The van der Waals surface area contributed by atoms with Gasteiger partial charge >= 0.3 is 0 Å². The molecular weight excluding hydrogens is 386 g/mol. The molecule has 0 aliphatic rings. The number of thioether (sulfide) groups is 1. The Labute approximate surface area is 174 Å². The van der Waals surface area contributed by atoms with E-state index in [9.17, 15) is 0 Å². The van der Waals surface area contributed by atoms with Gasteiger partial charge in [-0.05, 0) is 30.7 Å². The Morgan fingerprint density at radius 1 is 0.929 bits per heavy atom. The van der Waals surface area contributed by atoms with Crippen LogP contribution in [0.5, 0.6) is 0 Å².